The first-order chi connectivity index (χ1) is 13.8. The van der Waals surface area contributed by atoms with E-state index in [-0.39, 0.29) is 0 Å². The fraction of sp³-hybridized carbons (Fsp3) is 0.348. The van der Waals surface area contributed by atoms with Crippen molar-refractivity contribution < 1.29 is 0 Å². The first kappa shape index (κ1) is 16.5. The Labute approximate surface area is 170 Å². The van der Waals surface area contributed by atoms with E-state index in [4.69, 9.17) is 16.6 Å². The van der Waals surface area contributed by atoms with Gasteiger partial charge in [-0.3, -0.25) is 0 Å². The van der Waals surface area contributed by atoms with Crippen LogP contribution < -0.4 is 10.2 Å². The van der Waals surface area contributed by atoms with E-state index >= 15 is 0 Å². The van der Waals surface area contributed by atoms with Crippen LogP contribution in [0.5, 0.6) is 0 Å². The molecule has 3 aliphatic rings. The Morgan fingerprint density at radius 2 is 1.93 bits per heavy atom. The highest BCUT2D eigenvalue weighted by molar-refractivity contribution is 6.33. The van der Waals surface area contributed by atoms with Crippen molar-refractivity contribution in [2.24, 2.45) is 0 Å². The van der Waals surface area contributed by atoms with Crippen molar-refractivity contribution in [2.45, 2.75) is 44.2 Å². The Morgan fingerprint density at radius 3 is 2.71 bits per heavy atom. The number of fused-ring (bicyclic) bond motifs is 1. The van der Waals surface area contributed by atoms with E-state index in [1.54, 1.807) is 0 Å². The fourth-order valence-corrected chi connectivity index (χ4v) is 4.58. The fourth-order valence-electron chi connectivity index (χ4n) is 4.36. The molecule has 0 radical (unpaired) electrons. The first-order valence-corrected chi connectivity index (χ1v) is 10.6. The molecule has 1 aromatic heterocycles. The Balaban J connectivity index is 1.36. The average Bonchev–Trinajstić information content (AvgIpc) is 3.64. The topological polar surface area (TPSA) is 33.1 Å². The zero-order valence-corrected chi connectivity index (χ0v) is 16.5. The average molecular weight is 391 g/mol. The van der Waals surface area contributed by atoms with E-state index in [2.05, 4.69) is 45.1 Å². The minimum absolute atomic E-state index is 0.585. The third kappa shape index (κ3) is 2.78. The SMILES string of the molecule is Clc1ccccc1-c1c(C2CC2)ncn1Cc1ccc2c(c1)NCN2C1CC1. The highest BCUT2D eigenvalue weighted by Crippen LogP contribution is 2.45. The molecular weight excluding hydrogens is 368 g/mol. The number of nitrogens with zero attached hydrogens (tertiary/aromatic N) is 3. The molecule has 2 heterocycles. The van der Waals surface area contributed by atoms with Gasteiger partial charge in [0.1, 0.15) is 0 Å². The van der Waals surface area contributed by atoms with Crippen LogP contribution in [0, 0.1) is 0 Å². The summed E-state index contributed by atoms with van der Waals surface area (Å²) in [6, 6.07) is 15.7. The van der Waals surface area contributed by atoms with Crippen LogP contribution in [0.15, 0.2) is 48.8 Å². The Morgan fingerprint density at radius 1 is 1.07 bits per heavy atom. The lowest BCUT2D eigenvalue weighted by atomic mass is 10.1. The molecule has 2 fully saturated rings. The molecule has 1 aliphatic heterocycles. The van der Waals surface area contributed by atoms with Crippen molar-refractivity contribution >= 4 is 23.0 Å². The lowest BCUT2D eigenvalue weighted by molar-refractivity contribution is 0.804. The van der Waals surface area contributed by atoms with E-state index in [9.17, 15) is 0 Å². The molecule has 0 saturated heterocycles. The summed E-state index contributed by atoms with van der Waals surface area (Å²) < 4.78 is 2.27. The molecular formula is C23H23ClN4. The van der Waals surface area contributed by atoms with Crippen LogP contribution in [0.4, 0.5) is 11.4 Å². The molecule has 5 heteroatoms. The lowest BCUT2D eigenvalue weighted by Gasteiger charge is -2.17. The summed E-state index contributed by atoms with van der Waals surface area (Å²) in [5.74, 6) is 0.585. The third-order valence-electron chi connectivity index (χ3n) is 6.11. The summed E-state index contributed by atoms with van der Waals surface area (Å²) in [6.07, 6.45) is 7.10. The molecule has 142 valence electrons. The number of hydrogen-bond acceptors (Lipinski definition) is 3. The minimum atomic E-state index is 0.585. The van der Waals surface area contributed by atoms with Gasteiger partial charge in [0.25, 0.3) is 0 Å². The second-order valence-corrected chi connectivity index (χ2v) is 8.65. The van der Waals surface area contributed by atoms with E-state index in [0.29, 0.717) is 5.92 Å². The molecule has 2 aliphatic carbocycles. The Bertz CT molecular complexity index is 1050. The van der Waals surface area contributed by atoms with Gasteiger partial charge in [-0.05, 0) is 49.4 Å². The van der Waals surface area contributed by atoms with Crippen LogP contribution in [0.25, 0.3) is 11.3 Å². The summed E-state index contributed by atoms with van der Waals surface area (Å²) in [7, 11) is 0. The number of benzene rings is 2. The largest absolute Gasteiger partial charge is 0.366 e. The summed E-state index contributed by atoms with van der Waals surface area (Å²) in [5.41, 5.74) is 7.36. The number of aromatic nitrogens is 2. The van der Waals surface area contributed by atoms with E-state index in [0.717, 1.165) is 29.8 Å². The number of rotatable bonds is 5. The standard InChI is InChI=1S/C23H23ClN4/c24-19-4-2-1-3-18(19)23-22(16-6-7-16)26-13-27(23)12-15-5-10-21-20(11-15)25-14-28(21)17-8-9-17/h1-5,10-11,13,16-17,25H,6-9,12,14H2. The molecule has 3 aromatic rings. The van der Waals surface area contributed by atoms with Crippen molar-refractivity contribution in [3.63, 3.8) is 0 Å². The van der Waals surface area contributed by atoms with Gasteiger partial charge in [-0.2, -0.15) is 0 Å². The van der Waals surface area contributed by atoms with Gasteiger partial charge in [0.05, 0.1) is 35.8 Å². The van der Waals surface area contributed by atoms with Gasteiger partial charge in [0.2, 0.25) is 0 Å². The Kier molecular flexibility index (Phi) is 3.70. The third-order valence-corrected chi connectivity index (χ3v) is 6.44. The van der Waals surface area contributed by atoms with Crippen LogP contribution in [0.2, 0.25) is 5.02 Å². The number of anilines is 2. The highest BCUT2D eigenvalue weighted by atomic mass is 35.5. The number of nitrogens with one attached hydrogen (secondary N) is 1. The van der Waals surface area contributed by atoms with Crippen molar-refractivity contribution in [2.75, 3.05) is 16.9 Å². The minimum Gasteiger partial charge on any atom is -0.366 e. The molecule has 28 heavy (non-hydrogen) atoms. The highest BCUT2D eigenvalue weighted by Gasteiger charge is 2.33. The van der Waals surface area contributed by atoms with Gasteiger partial charge < -0.3 is 14.8 Å². The van der Waals surface area contributed by atoms with E-state index in [1.807, 2.05) is 18.5 Å². The van der Waals surface area contributed by atoms with Crippen LogP contribution in [0.1, 0.15) is 42.9 Å². The van der Waals surface area contributed by atoms with Crippen LogP contribution in [-0.4, -0.2) is 22.3 Å². The maximum atomic E-state index is 6.56. The zero-order chi connectivity index (χ0) is 18.7. The van der Waals surface area contributed by atoms with Crippen LogP contribution in [-0.2, 0) is 6.54 Å². The first-order valence-electron chi connectivity index (χ1n) is 10.2. The molecule has 1 N–H and O–H groups in total. The molecule has 0 amide bonds. The maximum absolute atomic E-state index is 6.56. The monoisotopic (exact) mass is 390 g/mol. The predicted octanol–water partition coefficient (Wildman–Crippen LogP) is 5.48. The quantitative estimate of drug-likeness (QED) is 0.626. The van der Waals surface area contributed by atoms with Gasteiger partial charge in [-0.1, -0.05) is 35.9 Å². The molecule has 0 atom stereocenters. The zero-order valence-electron chi connectivity index (χ0n) is 15.7. The summed E-state index contributed by atoms with van der Waals surface area (Å²) >= 11 is 6.56. The van der Waals surface area contributed by atoms with Crippen LogP contribution in [0.3, 0.4) is 0 Å². The van der Waals surface area contributed by atoms with Gasteiger partial charge in [-0.25, -0.2) is 4.98 Å². The lowest BCUT2D eigenvalue weighted by Crippen LogP contribution is -2.24. The second-order valence-electron chi connectivity index (χ2n) is 8.25. The van der Waals surface area contributed by atoms with Gasteiger partial charge in [-0.15, -0.1) is 0 Å². The van der Waals surface area contributed by atoms with E-state index in [1.165, 1.54) is 54.0 Å². The summed E-state index contributed by atoms with van der Waals surface area (Å²) in [6.45, 7) is 1.74. The van der Waals surface area contributed by atoms with Gasteiger partial charge in [0.15, 0.2) is 0 Å². The summed E-state index contributed by atoms with van der Waals surface area (Å²) in [5, 5.41) is 4.36. The smallest absolute Gasteiger partial charge is 0.0957 e. The molecule has 0 unspecified atom stereocenters. The molecule has 0 bridgehead atoms. The van der Waals surface area contributed by atoms with Crippen molar-refractivity contribution in [1.29, 1.82) is 0 Å². The second kappa shape index (κ2) is 6.28. The Hall–Kier alpha value is -2.46. The normalized spacial score (nSPS) is 18.2. The predicted molar refractivity (Wildman–Crippen MR) is 114 cm³/mol. The number of imidazole rings is 1. The van der Waals surface area contributed by atoms with Gasteiger partial charge >= 0.3 is 0 Å². The molecule has 6 rings (SSSR count). The molecule has 2 aromatic carbocycles. The van der Waals surface area contributed by atoms with Crippen molar-refractivity contribution in [3.8, 4) is 11.3 Å². The number of halogens is 1. The molecule has 2 saturated carbocycles. The van der Waals surface area contributed by atoms with Crippen molar-refractivity contribution in [3.05, 3.63) is 65.1 Å². The number of hydrogen-bond donors (Lipinski definition) is 1. The summed E-state index contributed by atoms with van der Waals surface area (Å²) in [4.78, 5) is 7.28. The van der Waals surface area contributed by atoms with Crippen molar-refractivity contribution in [1.82, 2.24) is 9.55 Å². The van der Waals surface area contributed by atoms with Crippen LogP contribution >= 0.6 is 11.6 Å². The van der Waals surface area contributed by atoms with E-state index < -0.39 is 0 Å². The molecule has 0 spiro atoms. The molecule has 4 nitrogen and oxygen atoms in total. The maximum Gasteiger partial charge on any atom is 0.0957 e. The van der Waals surface area contributed by atoms with Gasteiger partial charge in [0, 0.05) is 29.1 Å².